The van der Waals surface area contributed by atoms with Gasteiger partial charge in [0.1, 0.15) is 0 Å². The summed E-state index contributed by atoms with van der Waals surface area (Å²) >= 11 is 0. The van der Waals surface area contributed by atoms with Crippen LogP contribution in [0.2, 0.25) is 0 Å². The molecule has 0 aliphatic carbocycles. The van der Waals surface area contributed by atoms with E-state index in [-0.39, 0.29) is 10.8 Å². The van der Waals surface area contributed by atoms with Gasteiger partial charge in [-0.25, -0.2) is 8.42 Å². The fourth-order valence-electron chi connectivity index (χ4n) is 2.95. The molecule has 0 aromatic heterocycles. The van der Waals surface area contributed by atoms with E-state index in [1.165, 1.54) is 10.4 Å². The van der Waals surface area contributed by atoms with Crippen molar-refractivity contribution in [3.63, 3.8) is 0 Å². The molecule has 8 heteroatoms. The second-order valence-corrected chi connectivity index (χ2v) is 8.13. The third kappa shape index (κ3) is 5.01. The molecule has 140 valence electrons. The minimum Gasteiger partial charge on any atom is -0.325 e. The van der Waals surface area contributed by atoms with Crippen LogP contribution in [0.25, 0.3) is 0 Å². The van der Waals surface area contributed by atoms with E-state index in [9.17, 15) is 13.2 Å². The normalized spacial score (nSPS) is 19.1. The summed E-state index contributed by atoms with van der Waals surface area (Å²) in [4.78, 5) is 14.6. The molecule has 1 aromatic carbocycles. The third-order valence-corrected chi connectivity index (χ3v) is 6.49. The summed E-state index contributed by atoms with van der Waals surface area (Å²) in [7, 11) is -3.53. The number of piperazine rings is 1. The molecule has 0 spiro atoms. The van der Waals surface area contributed by atoms with Crippen molar-refractivity contribution in [1.82, 2.24) is 14.5 Å². The second-order valence-electron chi connectivity index (χ2n) is 6.19. The number of rotatable bonds is 7. The highest BCUT2D eigenvalue weighted by Crippen LogP contribution is 2.19. The topological polar surface area (TPSA) is 81.8 Å². The third-order valence-electron chi connectivity index (χ3n) is 4.45. The summed E-state index contributed by atoms with van der Waals surface area (Å²) in [5.41, 5.74) is 0.501. The maximum Gasteiger partial charge on any atom is 0.243 e. The molecule has 0 radical (unpaired) electrons. The number of nitrogens with zero attached hydrogens (tertiary/aromatic N) is 2. The van der Waals surface area contributed by atoms with Crippen LogP contribution in [0.15, 0.2) is 29.2 Å². The van der Waals surface area contributed by atoms with Crippen molar-refractivity contribution in [3.8, 4) is 0 Å². The van der Waals surface area contributed by atoms with Crippen LogP contribution in [0.4, 0.5) is 5.69 Å². The Balaban J connectivity index is 2.07. The summed E-state index contributed by atoms with van der Waals surface area (Å²) in [6, 6.07) is 6.74. The zero-order chi connectivity index (χ0) is 18.4. The second kappa shape index (κ2) is 8.75. The lowest BCUT2D eigenvalue weighted by molar-refractivity contribution is -0.118. The number of nitrogens with one attached hydrogen (secondary N) is 2. The van der Waals surface area contributed by atoms with Gasteiger partial charge in [0.25, 0.3) is 0 Å². The largest absolute Gasteiger partial charge is 0.325 e. The molecule has 2 rings (SSSR count). The number of sulfonamides is 1. The van der Waals surface area contributed by atoms with Gasteiger partial charge in [-0.15, -0.1) is 0 Å². The first-order valence-corrected chi connectivity index (χ1v) is 10.2. The van der Waals surface area contributed by atoms with Crippen LogP contribution in [0.1, 0.15) is 20.8 Å². The lowest BCUT2D eigenvalue weighted by Gasteiger charge is -2.33. The molecule has 0 unspecified atom stereocenters. The van der Waals surface area contributed by atoms with Gasteiger partial charge in [-0.2, -0.15) is 4.31 Å². The van der Waals surface area contributed by atoms with Gasteiger partial charge in [0.2, 0.25) is 15.9 Å². The molecular weight excluding hydrogens is 340 g/mol. The predicted octanol–water partition coefficient (Wildman–Crippen LogP) is 0.949. The van der Waals surface area contributed by atoms with Crippen LogP contribution in [0.5, 0.6) is 0 Å². The summed E-state index contributed by atoms with van der Waals surface area (Å²) in [6.07, 6.45) is 0. The average Bonchev–Trinajstić information content (AvgIpc) is 2.58. The van der Waals surface area contributed by atoms with E-state index in [1.807, 2.05) is 0 Å². The first-order chi connectivity index (χ1) is 11.9. The predicted molar refractivity (Wildman–Crippen MR) is 99.1 cm³/mol. The van der Waals surface area contributed by atoms with E-state index in [0.717, 1.165) is 19.6 Å². The van der Waals surface area contributed by atoms with Gasteiger partial charge in [0, 0.05) is 44.5 Å². The Morgan fingerprint density at radius 2 is 2.08 bits per heavy atom. The Labute approximate surface area is 150 Å². The molecule has 1 heterocycles. The molecule has 25 heavy (non-hydrogen) atoms. The Morgan fingerprint density at radius 1 is 1.36 bits per heavy atom. The number of hydrogen-bond acceptors (Lipinski definition) is 5. The average molecular weight is 369 g/mol. The molecule has 1 amide bonds. The summed E-state index contributed by atoms with van der Waals surface area (Å²) in [5, 5.41) is 6.10. The first kappa shape index (κ1) is 19.8. The maximum absolute atomic E-state index is 12.6. The monoisotopic (exact) mass is 368 g/mol. The Morgan fingerprint density at radius 3 is 2.72 bits per heavy atom. The van der Waals surface area contributed by atoms with Crippen LogP contribution >= 0.6 is 0 Å². The van der Waals surface area contributed by atoms with E-state index >= 15 is 0 Å². The standard InChI is InChI=1S/C17H28N4O3S/c1-4-21(5-2)25(23,24)16-8-6-7-15(11-16)19-17(22)13-20-10-9-18-12-14(20)3/h6-8,11,14,18H,4-5,9-10,12-13H2,1-3H3,(H,19,22)/t14-/m1/s1. The summed E-state index contributed by atoms with van der Waals surface area (Å²) in [6.45, 7) is 9.38. The molecular formula is C17H28N4O3S. The Hall–Kier alpha value is -1.48. The molecule has 1 aliphatic rings. The van der Waals surface area contributed by atoms with Crippen molar-refractivity contribution in [2.75, 3.05) is 44.6 Å². The van der Waals surface area contributed by atoms with Gasteiger partial charge >= 0.3 is 0 Å². The highest BCUT2D eigenvalue weighted by molar-refractivity contribution is 7.89. The molecule has 1 fully saturated rings. The molecule has 1 saturated heterocycles. The number of benzene rings is 1. The number of amides is 1. The zero-order valence-electron chi connectivity index (χ0n) is 15.2. The fourth-order valence-corrected chi connectivity index (χ4v) is 4.45. The molecule has 1 aliphatic heterocycles. The van der Waals surface area contributed by atoms with Crippen LogP contribution < -0.4 is 10.6 Å². The van der Waals surface area contributed by atoms with Crippen LogP contribution in [-0.2, 0) is 14.8 Å². The molecule has 2 N–H and O–H groups in total. The van der Waals surface area contributed by atoms with Crippen molar-refractivity contribution < 1.29 is 13.2 Å². The van der Waals surface area contributed by atoms with E-state index in [4.69, 9.17) is 0 Å². The minimum atomic E-state index is -3.53. The molecule has 0 saturated carbocycles. The van der Waals surface area contributed by atoms with Crippen LogP contribution in [-0.4, -0.2) is 68.8 Å². The Bertz CT molecular complexity index is 689. The molecule has 1 atom stereocenters. The van der Waals surface area contributed by atoms with E-state index in [2.05, 4.69) is 22.5 Å². The molecule has 7 nitrogen and oxygen atoms in total. The van der Waals surface area contributed by atoms with Crippen LogP contribution in [0, 0.1) is 0 Å². The maximum atomic E-state index is 12.6. The fraction of sp³-hybridized carbons (Fsp3) is 0.588. The van der Waals surface area contributed by atoms with Crippen molar-refractivity contribution >= 4 is 21.6 Å². The van der Waals surface area contributed by atoms with Gasteiger partial charge < -0.3 is 10.6 Å². The van der Waals surface area contributed by atoms with Gasteiger partial charge in [0.15, 0.2) is 0 Å². The van der Waals surface area contributed by atoms with Gasteiger partial charge in [0.05, 0.1) is 11.4 Å². The number of anilines is 1. The lowest BCUT2D eigenvalue weighted by atomic mass is 10.2. The van der Waals surface area contributed by atoms with Crippen LogP contribution in [0.3, 0.4) is 0 Å². The lowest BCUT2D eigenvalue weighted by Crippen LogP contribution is -2.51. The van der Waals surface area contributed by atoms with Gasteiger partial charge in [-0.05, 0) is 25.1 Å². The number of hydrogen-bond donors (Lipinski definition) is 2. The van der Waals surface area contributed by atoms with Crippen molar-refractivity contribution in [2.24, 2.45) is 0 Å². The van der Waals surface area contributed by atoms with Gasteiger partial charge in [-0.1, -0.05) is 19.9 Å². The number of carbonyl (C=O) groups excluding carboxylic acids is 1. The zero-order valence-corrected chi connectivity index (χ0v) is 16.0. The number of carbonyl (C=O) groups is 1. The molecule has 1 aromatic rings. The van der Waals surface area contributed by atoms with E-state index in [0.29, 0.717) is 31.4 Å². The van der Waals surface area contributed by atoms with E-state index in [1.54, 1.807) is 32.0 Å². The highest BCUT2D eigenvalue weighted by Gasteiger charge is 2.23. The first-order valence-electron chi connectivity index (χ1n) is 8.73. The summed E-state index contributed by atoms with van der Waals surface area (Å²) < 4.78 is 26.6. The Kier molecular flexibility index (Phi) is 6.95. The molecule has 0 bridgehead atoms. The van der Waals surface area contributed by atoms with Crippen molar-refractivity contribution in [1.29, 1.82) is 0 Å². The van der Waals surface area contributed by atoms with Crippen molar-refractivity contribution in [2.45, 2.75) is 31.7 Å². The minimum absolute atomic E-state index is 0.133. The SMILES string of the molecule is CCN(CC)S(=O)(=O)c1cccc(NC(=O)CN2CCNC[C@H]2C)c1. The highest BCUT2D eigenvalue weighted by atomic mass is 32.2. The summed E-state index contributed by atoms with van der Waals surface area (Å²) in [5.74, 6) is -0.133. The smallest absolute Gasteiger partial charge is 0.243 e. The van der Waals surface area contributed by atoms with Crippen molar-refractivity contribution in [3.05, 3.63) is 24.3 Å². The quantitative estimate of drug-likeness (QED) is 0.749. The van der Waals surface area contributed by atoms with E-state index < -0.39 is 10.0 Å². The van der Waals surface area contributed by atoms with Gasteiger partial charge in [-0.3, -0.25) is 9.69 Å².